The standard InChI is InChI=1S/C15H13ClN2S/c1-10(16)15-18-17-14(19-15)9-12-7-4-6-11-5-2-3-8-13(11)12/h2-8,10H,9H2,1H3. The molecule has 1 aromatic heterocycles. The minimum atomic E-state index is -0.0706. The van der Waals surface area contributed by atoms with Crippen molar-refractivity contribution in [3.8, 4) is 0 Å². The summed E-state index contributed by atoms with van der Waals surface area (Å²) < 4.78 is 0. The van der Waals surface area contributed by atoms with Crippen LogP contribution in [0.5, 0.6) is 0 Å². The molecule has 0 saturated carbocycles. The van der Waals surface area contributed by atoms with Gasteiger partial charge in [-0.1, -0.05) is 53.8 Å². The molecule has 1 unspecified atom stereocenters. The van der Waals surface area contributed by atoms with E-state index in [1.807, 2.05) is 6.92 Å². The molecule has 0 bridgehead atoms. The van der Waals surface area contributed by atoms with Gasteiger partial charge in [0.05, 0.1) is 5.38 Å². The van der Waals surface area contributed by atoms with Gasteiger partial charge < -0.3 is 0 Å². The van der Waals surface area contributed by atoms with Gasteiger partial charge in [0.15, 0.2) is 0 Å². The van der Waals surface area contributed by atoms with Crippen LogP contribution < -0.4 is 0 Å². The van der Waals surface area contributed by atoms with Crippen molar-refractivity contribution in [1.29, 1.82) is 0 Å². The average Bonchev–Trinajstić information content (AvgIpc) is 2.88. The molecule has 1 atom stereocenters. The Labute approximate surface area is 121 Å². The number of aromatic nitrogens is 2. The Bertz CT molecular complexity index is 701. The lowest BCUT2D eigenvalue weighted by molar-refractivity contribution is 0.932. The van der Waals surface area contributed by atoms with Crippen LogP contribution in [0.2, 0.25) is 0 Å². The van der Waals surface area contributed by atoms with Crippen molar-refractivity contribution in [2.75, 3.05) is 0 Å². The Hall–Kier alpha value is -1.45. The predicted octanol–water partition coefficient (Wildman–Crippen LogP) is 4.58. The van der Waals surface area contributed by atoms with Gasteiger partial charge in [0.25, 0.3) is 0 Å². The maximum Gasteiger partial charge on any atom is 0.135 e. The molecule has 0 aliphatic heterocycles. The highest BCUT2D eigenvalue weighted by Gasteiger charge is 2.10. The summed E-state index contributed by atoms with van der Waals surface area (Å²) in [5.74, 6) is 0. The van der Waals surface area contributed by atoms with E-state index in [1.165, 1.54) is 16.3 Å². The molecule has 0 spiro atoms. The Morgan fingerprint density at radius 1 is 1.11 bits per heavy atom. The molecule has 0 N–H and O–H groups in total. The third kappa shape index (κ3) is 2.62. The van der Waals surface area contributed by atoms with Crippen LogP contribution in [0.15, 0.2) is 42.5 Å². The number of hydrogen-bond acceptors (Lipinski definition) is 3. The Balaban J connectivity index is 1.96. The molecule has 0 amide bonds. The molecule has 0 aliphatic carbocycles. The van der Waals surface area contributed by atoms with Gasteiger partial charge in [-0.25, -0.2) is 0 Å². The van der Waals surface area contributed by atoms with Gasteiger partial charge in [-0.2, -0.15) is 0 Å². The number of fused-ring (bicyclic) bond motifs is 1. The lowest BCUT2D eigenvalue weighted by atomic mass is 10.0. The van der Waals surface area contributed by atoms with Crippen LogP contribution in [0, 0.1) is 0 Å². The number of halogens is 1. The Morgan fingerprint density at radius 3 is 2.68 bits per heavy atom. The van der Waals surface area contributed by atoms with Crippen LogP contribution >= 0.6 is 22.9 Å². The van der Waals surface area contributed by atoms with Crippen molar-refractivity contribution in [2.45, 2.75) is 18.7 Å². The number of hydrogen-bond donors (Lipinski definition) is 0. The molecule has 96 valence electrons. The lowest BCUT2D eigenvalue weighted by Gasteiger charge is -2.04. The first-order valence-corrected chi connectivity index (χ1v) is 7.42. The van der Waals surface area contributed by atoms with Crippen LogP contribution in [0.3, 0.4) is 0 Å². The summed E-state index contributed by atoms with van der Waals surface area (Å²) in [6.07, 6.45) is 0.808. The predicted molar refractivity (Wildman–Crippen MR) is 80.9 cm³/mol. The zero-order valence-electron chi connectivity index (χ0n) is 10.5. The largest absolute Gasteiger partial charge is 0.143 e. The van der Waals surface area contributed by atoms with Gasteiger partial charge in [-0.3, -0.25) is 0 Å². The van der Waals surface area contributed by atoms with Crippen LogP contribution in [-0.4, -0.2) is 10.2 Å². The van der Waals surface area contributed by atoms with E-state index >= 15 is 0 Å². The summed E-state index contributed by atoms with van der Waals surface area (Å²) in [4.78, 5) is 0. The molecule has 0 fully saturated rings. The molecule has 0 saturated heterocycles. The van der Waals surface area contributed by atoms with Gasteiger partial charge >= 0.3 is 0 Å². The van der Waals surface area contributed by atoms with Crippen molar-refractivity contribution in [3.63, 3.8) is 0 Å². The van der Waals surface area contributed by atoms with Crippen LogP contribution in [0.1, 0.15) is 27.9 Å². The molecule has 0 aliphatic rings. The van der Waals surface area contributed by atoms with Crippen LogP contribution in [-0.2, 0) is 6.42 Å². The normalized spacial score (nSPS) is 12.7. The van der Waals surface area contributed by atoms with Crippen molar-refractivity contribution >= 4 is 33.7 Å². The Morgan fingerprint density at radius 2 is 1.89 bits per heavy atom. The van der Waals surface area contributed by atoms with Crippen molar-refractivity contribution in [1.82, 2.24) is 10.2 Å². The zero-order chi connectivity index (χ0) is 13.2. The summed E-state index contributed by atoms with van der Waals surface area (Å²) in [5.41, 5.74) is 1.28. The van der Waals surface area contributed by atoms with Gasteiger partial charge in [0, 0.05) is 6.42 Å². The summed E-state index contributed by atoms with van der Waals surface area (Å²) in [7, 11) is 0. The molecule has 1 heterocycles. The van der Waals surface area contributed by atoms with Crippen LogP contribution in [0.4, 0.5) is 0 Å². The highest BCUT2D eigenvalue weighted by molar-refractivity contribution is 7.11. The minimum absolute atomic E-state index is 0.0706. The summed E-state index contributed by atoms with van der Waals surface area (Å²) >= 11 is 7.61. The van der Waals surface area contributed by atoms with E-state index < -0.39 is 0 Å². The molecule has 3 rings (SSSR count). The van der Waals surface area contributed by atoms with E-state index in [-0.39, 0.29) is 5.38 Å². The highest BCUT2D eigenvalue weighted by Crippen LogP contribution is 2.26. The van der Waals surface area contributed by atoms with E-state index in [4.69, 9.17) is 11.6 Å². The molecular weight excluding hydrogens is 276 g/mol. The fourth-order valence-electron chi connectivity index (χ4n) is 2.11. The number of benzene rings is 2. The van der Waals surface area contributed by atoms with E-state index in [0.29, 0.717) is 0 Å². The average molecular weight is 289 g/mol. The first-order valence-electron chi connectivity index (χ1n) is 6.17. The maximum atomic E-state index is 6.02. The Kier molecular flexibility index (Phi) is 3.49. The van der Waals surface area contributed by atoms with Gasteiger partial charge in [-0.15, -0.1) is 21.8 Å². The van der Waals surface area contributed by atoms with Gasteiger partial charge in [-0.05, 0) is 23.3 Å². The number of rotatable bonds is 3. The number of nitrogens with zero attached hydrogens (tertiary/aromatic N) is 2. The van der Waals surface area contributed by atoms with Crippen LogP contribution in [0.25, 0.3) is 10.8 Å². The number of alkyl halides is 1. The molecular formula is C15H13ClN2S. The van der Waals surface area contributed by atoms with E-state index in [2.05, 4.69) is 52.7 Å². The maximum absolute atomic E-state index is 6.02. The summed E-state index contributed by atoms with van der Waals surface area (Å²) in [6.45, 7) is 1.92. The lowest BCUT2D eigenvalue weighted by Crippen LogP contribution is -1.89. The second kappa shape index (κ2) is 5.27. The van der Waals surface area contributed by atoms with E-state index in [9.17, 15) is 0 Å². The quantitative estimate of drug-likeness (QED) is 0.659. The first kappa shape index (κ1) is 12.6. The molecule has 2 aromatic carbocycles. The van der Waals surface area contributed by atoms with E-state index in [0.717, 1.165) is 16.4 Å². The summed E-state index contributed by atoms with van der Waals surface area (Å²) in [5, 5.41) is 12.7. The molecule has 19 heavy (non-hydrogen) atoms. The third-order valence-electron chi connectivity index (χ3n) is 3.04. The molecule has 2 nitrogen and oxygen atoms in total. The smallest absolute Gasteiger partial charge is 0.135 e. The molecule has 4 heteroatoms. The monoisotopic (exact) mass is 288 g/mol. The fourth-order valence-corrected chi connectivity index (χ4v) is 3.08. The third-order valence-corrected chi connectivity index (χ3v) is 4.49. The van der Waals surface area contributed by atoms with E-state index in [1.54, 1.807) is 11.3 Å². The molecule has 3 aromatic rings. The van der Waals surface area contributed by atoms with Gasteiger partial charge in [0.1, 0.15) is 10.0 Å². The molecule has 0 radical (unpaired) electrons. The van der Waals surface area contributed by atoms with Crippen molar-refractivity contribution < 1.29 is 0 Å². The summed E-state index contributed by atoms with van der Waals surface area (Å²) in [6, 6.07) is 14.8. The SMILES string of the molecule is CC(Cl)c1nnc(Cc2cccc3ccccc23)s1. The minimum Gasteiger partial charge on any atom is -0.143 e. The zero-order valence-corrected chi connectivity index (χ0v) is 12.1. The first-order chi connectivity index (χ1) is 9.24. The van der Waals surface area contributed by atoms with Crippen molar-refractivity contribution in [2.24, 2.45) is 0 Å². The fraction of sp³-hybridized carbons (Fsp3) is 0.200. The second-order valence-corrected chi connectivity index (χ2v) is 6.21. The van der Waals surface area contributed by atoms with Crippen molar-refractivity contribution in [3.05, 3.63) is 58.0 Å². The highest BCUT2D eigenvalue weighted by atomic mass is 35.5. The second-order valence-electron chi connectivity index (χ2n) is 4.47. The topological polar surface area (TPSA) is 25.8 Å². The van der Waals surface area contributed by atoms with Gasteiger partial charge in [0.2, 0.25) is 0 Å².